The van der Waals surface area contributed by atoms with Crippen LogP contribution in [-0.2, 0) is 4.79 Å². The number of ketones is 1. The fourth-order valence-electron chi connectivity index (χ4n) is 3.25. The Morgan fingerprint density at radius 1 is 1.00 bits per heavy atom. The predicted octanol–water partition coefficient (Wildman–Crippen LogP) is 3.44. The van der Waals surface area contributed by atoms with Gasteiger partial charge in [0.05, 0.1) is 11.3 Å². The second-order valence-corrected chi connectivity index (χ2v) is 6.30. The maximum absolute atomic E-state index is 12.5. The number of fused-ring (bicyclic) bond motifs is 2. The fraction of sp³-hybridized carbons (Fsp3) is 0.143. The number of anilines is 2. The van der Waals surface area contributed by atoms with Gasteiger partial charge >= 0.3 is 0 Å². The maximum atomic E-state index is 12.5. The minimum Gasteiger partial charge on any atom is -0.396 e. The zero-order valence-electron chi connectivity index (χ0n) is 14.1. The number of hydrogen-bond donors (Lipinski definition) is 3. The number of Topliss-reactive ketones (excluding diaryl/α,β-unsaturated/α-hetero) is 1. The van der Waals surface area contributed by atoms with Gasteiger partial charge in [0.2, 0.25) is 0 Å². The molecule has 3 N–H and O–H groups in total. The smallest absolute Gasteiger partial charge is 0.258 e. The van der Waals surface area contributed by atoms with Gasteiger partial charge in [-0.15, -0.1) is 0 Å². The molecular formula is C21H18N2O3. The number of aliphatic hydroxyl groups is 1. The van der Waals surface area contributed by atoms with Gasteiger partial charge in [0.1, 0.15) is 0 Å². The minimum absolute atomic E-state index is 0.0137. The first-order valence-electron chi connectivity index (χ1n) is 8.55. The highest BCUT2D eigenvalue weighted by Gasteiger charge is 2.28. The lowest BCUT2D eigenvalue weighted by atomic mass is 9.97. The summed E-state index contributed by atoms with van der Waals surface area (Å²) in [7, 11) is 0. The molecule has 0 atom stereocenters. The molecule has 0 fully saturated rings. The Balaban J connectivity index is 1.74. The van der Waals surface area contributed by atoms with E-state index in [1.807, 2.05) is 36.4 Å². The number of hydrogen-bond acceptors (Lipinski definition) is 4. The summed E-state index contributed by atoms with van der Waals surface area (Å²) in [5.41, 5.74) is 5.20. The first-order chi connectivity index (χ1) is 12.7. The molecule has 26 heavy (non-hydrogen) atoms. The van der Waals surface area contributed by atoms with E-state index in [2.05, 4.69) is 10.6 Å². The van der Waals surface area contributed by atoms with E-state index < -0.39 is 0 Å². The first-order valence-corrected chi connectivity index (χ1v) is 8.55. The summed E-state index contributed by atoms with van der Waals surface area (Å²) in [4.78, 5) is 24.8. The molecule has 2 aliphatic rings. The highest BCUT2D eigenvalue weighted by atomic mass is 16.3. The maximum Gasteiger partial charge on any atom is 0.258 e. The summed E-state index contributed by atoms with van der Waals surface area (Å²) >= 11 is 0. The summed E-state index contributed by atoms with van der Waals surface area (Å²) in [5.74, 6) is -0.227. The lowest BCUT2D eigenvalue weighted by Crippen LogP contribution is -2.11. The Kier molecular flexibility index (Phi) is 4.14. The number of allylic oxidation sites excluding steroid dienone is 1. The molecule has 0 saturated carbocycles. The Labute approximate surface area is 151 Å². The Morgan fingerprint density at radius 3 is 2.69 bits per heavy atom. The SMILES string of the molecule is O=C1Nc2ccc(C(=O)CCCO)cc2C1=C1C=Cc2ccccc2N1. The molecule has 2 aromatic carbocycles. The summed E-state index contributed by atoms with van der Waals surface area (Å²) in [6.45, 7) is -0.0137. The number of nitrogens with one attached hydrogen (secondary N) is 2. The van der Waals surface area contributed by atoms with Crippen molar-refractivity contribution in [3.05, 3.63) is 70.9 Å². The largest absolute Gasteiger partial charge is 0.396 e. The highest BCUT2D eigenvalue weighted by molar-refractivity contribution is 6.33. The topological polar surface area (TPSA) is 78.4 Å². The third-order valence-electron chi connectivity index (χ3n) is 4.58. The molecule has 4 rings (SSSR count). The average Bonchev–Trinajstić information content (AvgIpc) is 3.00. The second-order valence-electron chi connectivity index (χ2n) is 6.30. The average molecular weight is 346 g/mol. The van der Waals surface area contributed by atoms with Crippen molar-refractivity contribution in [2.24, 2.45) is 0 Å². The lowest BCUT2D eigenvalue weighted by molar-refractivity contribution is -0.110. The van der Waals surface area contributed by atoms with Crippen LogP contribution < -0.4 is 10.6 Å². The Hall–Kier alpha value is -3.18. The van der Waals surface area contributed by atoms with Gasteiger partial charge in [-0.1, -0.05) is 24.3 Å². The highest BCUT2D eigenvalue weighted by Crippen LogP contribution is 2.37. The van der Waals surface area contributed by atoms with Crippen molar-refractivity contribution < 1.29 is 14.7 Å². The quantitative estimate of drug-likeness (QED) is 0.585. The van der Waals surface area contributed by atoms with Crippen LogP contribution in [-0.4, -0.2) is 23.4 Å². The second kappa shape index (κ2) is 6.61. The molecule has 2 aliphatic heterocycles. The molecule has 0 bridgehead atoms. The van der Waals surface area contributed by atoms with Crippen molar-refractivity contribution in [1.82, 2.24) is 0 Å². The van der Waals surface area contributed by atoms with Crippen LogP contribution in [0, 0.1) is 0 Å². The van der Waals surface area contributed by atoms with Crippen molar-refractivity contribution in [3.8, 4) is 0 Å². The molecule has 0 spiro atoms. The number of carbonyl (C=O) groups is 2. The molecule has 5 nitrogen and oxygen atoms in total. The van der Waals surface area contributed by atoms with Crippen LogP contribution in [0.25, 0.3) is 11.6 Å². The monoisotopic (exact) mass is 346 g/mol. The molecule has 130 valence electrons. The van der Waals surface area contributed by atoms with Crippen LogP contribution in [0.5, 0.6) is 0 Å². The summed E-state index contributed by atoms with van der Waals surface area (Å²) in [6.07, 6.45) is 4.57. The molecule has 0 aromatic heterocycles. The van der Waals surface area contributed by atoms with E-state index in [1.54, 1.807) is 18.2 Å². The number of aliphatic hydroxyl groups excluding tert-OH is 1. The van der Waals surface area contributed by atoms with Crippen LogP contribution in [0.2, 0.25) is 0 Å². The standard InChI is InChI=1S/C21H18N2O3/c24-11-3-6-19(25)14-8-9-17-15(12-14)20(21(26)23-17)18-10-7-13-4-1-2-5-16(13)22-18/h1-2,4-5,7-10,12,22,24H,3,6,11H2,(H,23,26). The van der Waals surface area contributed by atoms with Gasteiger partial charge in [0.15, 0.2) is 5.78 Å². The fourth-order valence-corrected chi connectivity index (χ4v) is 3.25. The zero-order chi connectivity index (χ0) is 18.1. The van der Waals surface area contributed by atoms with E-state index in [4.69, 9.17) is 5.11 Å². The van der Waals surface area contributed by atoms with E-state index in [9.17, 15) is 9.59 Å². The van der Waals surface area contributed by atoms with Gasteiger partial charge in [0.25, 0.3) is 5.91 Å². The zero-order valence-corrected chi connectivity index (χ0v) is 14.1. The van der Waals surface area contributed by atoms with Crippen LogP contribution in [0.15, 0.2) is 54.2 Å². The van der Waals surface area contributed by atoms with Crippen molar-refractivity contribution >= 4 is 34.7 Å². The summed E-state index contributed by atoms with van der Waals surface area (Å²) in [5, 5.41) is 15.1. The molecule has 5 heteroatoms. The molecule has 0 saturated heterocycles. The van der Waals surface area contributed by atoms with E-state index in [-0.39, 0.29) is 24.7 Å². The predicted molar refractivity (Wildman–Crippen MR) is 102 cm³/mol. The summed E-state index contributed by atoms with van der Waals surface area (Å²) in [6, 6.07) is 13.1. The normalized spacial score (nSPS) is 17.3. The lowest BCUT2D eigenvalue weighted by Gasteiger charge is -2.17. The molecule has 0 unspecified atom stereocenters. The van der Waals surface area contributed by atoms with Gasteiger partial charge in [-0.2, -0.15) is 0 Å². The molecule has 2 aromatic rings. The van der Waals surface area contributed by atoms with Crippen molar-refractivity contribution in [3.63, 3.8) is 0 Å². The number of para-hydroxylation sites is 1. The number of rotatable bonds is 4. The van der Waals surface area contributed by atoms with Crippen molar-refractivity contribution in [1.29, 1.82) is 0 Å². The molecule has 1 amide bonds. The Bertz CT molecular complexity index is 973. The van der Waals surface area contributed by atoms with Gasteiger partial charge in [0, 0.05) is 35.5 Å². The number of amides is 1. The van der Waals surface area contributed by atoms with E-state index in [0.717, 1.165) is 16.8 Å². The third-order valence-corrected chi connectivity index (χ3v) is 4.58. The molecule has 0 radical (unpaired) electrons. The molecule has 0 aliphatic carbocycles. The van der Waals surface area contributed by atoms with Crippen LogP contribution >= 0.6 is 0 Å². The van der Waals surface area contributed by atoms with Crippen molar-refractivity contribution in [2.45, 2.75) is 12.8 Å². The third kappa shape index (κ3) is 2.82. The number of carbonyl (C=O) groups excluding carboxylic acids is 2. The van der Waals surface area contributed by atoms with Crippen LogP contribution in [0.1, 0.15) is 34.3 Å². The molecule has 2 heterocycles. The van der Waals surface area contributed by atoms with Crippen LogP contribution in [0.3, 0.4) is 0 Å². The van der Waals surface area contributed by atoms with E-state index >= 15 is 0 Å². The summed E-state index contributed by atoms with van der Waals surface area (Å²) < 4.78 is 0. The first kappa shape index (κ1) is 16.3. The van der Waals surface area contributed by atoms with Crippen molar-refractivity contribution in [2.75, 3.05) is 17.2 Å². The minimum atomic E-state index is -0.188. The van der Waals surface area contributed by atoms with Gasteiger partial charge < -0.3 is 15.7 Å². The Morgan fingerprint density at radius 2 is 1.85 bits per heavy atom. The molecular weight excluding hydrogens is 328 g/mol. The van der Waals surface area contributed by atoms with E-state index in [0.29, 0.717) is 28.9 Å². The van der Waals surface area contributed by atoms with Gasteiger partial charge in [-0.05, 0) is 42.3 Å². The van der Waals surface area contributed by atoms with Gasteiger partial charge in [-0.25, -0.2) is 0 Å². The van der Waals surface area contributed by atoms with Gasteiger partial charge in [-0.3, -0.25) is 9.59 Å². The van der Waals surface area contributed by atoms with Crippen LogP contribution in [0.4, 0.5) is 11.4 Å². The van der Waals surface area contributed by atoms with E-state index in [1.165, 1.54) is 0 Å². The number of benzene rings is 2.